The molecule has 0 aliphatic carbocycles. The molecule has 1 aliphatic rings. The van der Waals surface area contributed by atoms with Gasteiger partial charge in [-0.2, -0.15) is 0 Å². The molecule has 2 amide bonds. The number of anilines is 2. The molecule has 5 nitrogen and oxygen atoms in total. The quantitative estimate of drug-likeness (QED) is 0.637. The van der Waals surface area contributed by atoms with E-state index in [2.05, 4.69) is 5.32 Å². The molecule has 0 aromatic heterocycles. The van der Waals surface area contributed by atoms with Gasteiger partial charge in [0.2, 0.25) is 0 Å². The highest BCUT2D eigenvalue weighted by molar-refractivity contribution is 6.46. The summed E-state index contributed by atoms with van der Waals surface area (Å²) in [4.78, 5) is 27.5. The molecule has 1 aliphatic heterocycles. The zero-order valence-corrected chi connectivity index (χ0v) is 16.5. The average Bonchev–Trinajstić information content (AvgIpc) is 2.99. The van der Waals surface area contributed by atoms with E-state index in [9.17, 15) is 14.0 Å². The third kappa shape index (κ3) is 3.55. The molecule has 6 heteroatoms. The van der Waals surface area contributed by atoms with Gasteiger partial charge >= 0.3 is 0 Å². The Balaban J connectivity index is 1.81. The first-order valence-corrected chi connectivity index (χ1v) is 9.34. The fraction of sp³-hybridized carbons (Fsp3) is 0.0833. The molecule has 1 N–H and O–H groups in total. The molecule has 150 valence electrons. The van der Waals surface area contributed by atoms with E-state index in [0.29, 0.717) is 17.0 Å². The van der Waals surface area contributed by atoms with Crippen LogP contribution in [0.25, 0.3) is 5.57 Å². The molecule has 0 saturated carbocycles. The number of carbonyl (C=O) groups is 2. The maximum Gasteiger partial charge on any atom is 0.282 e. The Morgan fingerprint density at radius 2 is 1.60 bits per heavy atom. The lowest BCUT2D eigenvalue weighted by atomic mass is 10.0. The van der Waals surface area contributed by atoms with E-state index in [1.165, 1.54) is 18.2 Å². The summed E-state index contributed by atoms with van der Waals surface area (Å²) in [6, 6.07) is 19.7. The number of hydrogen-bond acceptors (Lipinski definition) is 4. The summed E-state index contributed by atoms with van der Waals surface area (Å²) in [6.07, 6.45) is 0. The van der Waals surface area contributed by atoms with Gasteiger partial charge in [-0.25, -0.2) is 9.29 Å². The van der Waals surface area contributed by atoms with Crippen molar-refractivity contribution in [1.29, 1.82) is 0 Å². The molecule has 1 heterocycles. The standard InChI is InChI=1S/C24H19FN2O3/c1-15-6-10-18(11-7-15)26-22-21(16-8-12-20(30-2)13-9-16)23(28)27(24(22)29)19-5-3-4-17(25)14-19/h3-14,26H,1-2H3. The number of ether oxygens (including phenoxy) is 1. The zero-order valence-electron chi connectivity index (χ0n) is 16.5. The predicted molar refractivity (Wildman–Crippen MR) is 114 cm³/mol. The number of imide groups is 1. The summed E-state index contributed by atoms with van der Waals surface area (Å²) in [5.74, 6) is -0.965. The predicted octanol–water partition coefficient (Wildman–Crippen LogP) is 4.54. The van der Waals surface area contributed by atoms with Crippen LogP contribution in [0, 0.1) is 12.7 Å². The van der Waals surface area contributed by atoms with Gasteiger partial charge in [-0.15, -0.1) is 0 Å². The highest BCUT2D eigenvalue weighted by Gasteiger charge is 2.40. The lowest BCUT2D eigenvalue weighted by Crippen LogP contribution is -2.32. The first kappa shape index (κ1) is 19.4. The topological polar surface area (TPSA) is 58.6 Å². The SMILES string of the molecule is COc1ccc(C2=C(Nc3ccc(C)cc3)C(=O)N(c3cccc(F)c3)C2=O)cc1. The van der Waals surface area contributed by atoms with E-state index < -0.39 is 17.6 Å². The minimum atomic E-state index is -0.544. The fourth-order valence-electron chi connectivity index (χ4n) is 3.30. The summed E-state index contributed by atoms with van der Waals surface area (Å²) in [5, 5.41) is 3.08. The van der Waals surface area contributed by atoms with E-state index in [1.54, 1.807) is 31.4 Å². The van der Waals surface area contributed by atoms with Crippen LogP contribution in [0.1, 0.15) is 11.1 Å². The normalized spacial score (nSPS) is 13.8. The summed E-state index contributed by atoms with van der Waals surface area (Å²) < 4.78 is 18.9. The van der Waals surface area contributed by atoms with Crippen LogP contribution in [0.5, 0.6) is 5.75 Å². The highest BCUT2D eigenvalue weighted by Crippen LogP contribution is 2.34. The molecule has 0 saturated heterocycles. The summed E-state index contributed by atoms with van der Waals surface area (Å²) in [6.45, 7) is 1.96. The monoisotopic (exact) mass is 402 g/mol. The van der Waals surface area contributed by atoms with Gasteiger partial charge < -0.3 is 10.1 Å². The van der Waals surface area contributed by atoms with Crippen LogP contribution in [0.3, 0.4) is 0 Å². The van der Waals surface area contributed by atoms with E-state index in [1.807, 2.05) is 31.2 Å². The van der Waals surface area contributed by atoms with Crippen LogP contribution in [0.4, 0.5) is 15.8 Å². The molecule has 0 spiro atoms. The van der Waals surface area contributed by atoms with Crippen molar-refractivity contribution >= 4 is 28.8 Å². The van der Waals surface area contributed by atoms with Crippen LogP contribution < -0.4 is 15.0 Å². The van der Waals surface area contributed by atoms with Crippen molar-refractivity contribution in [2.45, 2.75) is 6.92 Å². The second-order valence-electron chi connectivity index (χ2n) is 6.90. The maximum absolute atomic E-state index is 13.8. The second-order valence-corrected chi connectivity index (χ2v) is 6.90. The second kappa shape index (κ2) is 7.83. The molecule has 3 aromatic carbocycles. The van der Waals surface area contributed by atoms with Crippen molar-refractivity contribution in [3.05, 3.63) is 95.4 Å². The fourth-order valence-corrected chi connectivity index (χ4v) is 3.30. The van der Waals surface area contributed by atoms with Crippen LogP contribution in [-0.4, -0.2) is 18.9 Å². The van der Waals surface area contributed by atoms with Gasteiger partial charge in [0.1, 0.15) is 17.3 Å². The number of nitrogens with one attached hydrogen (secondary N) is 1. The van der Waals surface area contributed by atoms with E-state index in [4.69, 9.17) is 4.74 Å². The third-order valence-corrected chi connectivity index (χ3v) is 4.85. The highest BCUT2D eigenvalue weighted by atomic mass is 19.1. The Kier molecular flexibility index (Phi) is 5.06. The molecule has 0 atom stereocenters. The average molecular weight is 402 g/mol. The van der Waals surface area contributed by atoms with Crippen molar-refractivity contribution in [3.63, 3.8) is 0 Å². The van der Waals surface area contributed by atoms with E-state index in [0.717, 1.165) is 16.5 Å². The van der Waals surface area contributed by atoms with Crippen molar-refractivity contribution in [2.75, 3.05) is 17.3 Å². The Bertz CT molecular complexity index is 1150. The number of aryl methyl sites for hydroxylation is 1. The Labute approximate surface area is 173 Å². The van der Waals surface area contributed by atoms with Gasteiger partial charge in [-0.3, -0.25) is 9.59 Å². The van der Waals surface area contributed by atoms with Gasteiger partial charge in [-0.1, -0.05) is 35.9 Å². The van der Waals surface area contributed by atoms with Crippen molar-refractivity contribution in [1.82, 2.24) is 0 Å². The lowest BCUT2D eigenvalue weighted by molar-refractivity contribution is -0.120. The van der Waals surface area contributed by atoms with Gasteiger partial charge in [0.25, 0.3) is 11.8 Å². The number of carbonyl (C=O) groups excluding carboxylic acids is 2. The summed E-state index contributed by atoms with van der Waals surface area (Å²) >= 11 is 0. The summed E-state index contributed by atoms with van der Waals surface area (Å²) in [7, 11) is 1.55. The van der Waals surface area contributed by atoms with Crippen LogP contribution in [0.15, 0.2) is 78.5 Å². The third-order valence-electron chi connectivity index (χ3n) is 4.85. The molecular weight excluding hydrogens is 383 g/mol. The number of rotatable bonds is 5. The van der Waals surface area contributed by atoms with Crippen molar-refractivity contribution in [2.24, 2.45) is 0 Å². The van der Waals surface area contributed by atoms with Crippen LogP contribution in [-0.2, 0) is 9.59 Å². The number of halogens is 1. The minimum Gasteiger partial charge on any atom is -0.497 e. The van der Waals surface area contributed by atoms with Crippen LogP contribution >= 0.6 is 0 Å². The van der Waals surface area contributed by atoms with Gasteiger partial charge in [0.15, 0.2) is 0 Å². The molecule has 30 heavy (non-hydrogen) atoms. The Morgan fingerprint density at radius 1 is 0.900 bits per heavy atom. The van der Waals surface area contributed by atoms with Gasteiger partial charge in [0, 0.05) is 5.69 Å². The Hall–Kier alpha value is -3.93. The smallest absolute Gasteiger partial charge is 0.282 e. The number of amides is 2. The number of benzene rings is 3. The number of hydrogen-bond donors (Lipinski definition) is 1. The molecule has 0 bridgehead atoms. The molecular formula is C24H19FN2O3. The molecule has 0 unspecified atom stereocenters. The first-order chi connectivity index (χ1) is 14.5. The molecule has 4 rings (SSSR count). The number of methoxy groups -OCH3 is 1. The van der Waals surface area contributed by atoms with E-state index in [-0.39, 0.29) is 17.0 Å². The van der Waals surface area contributed by atoms with Gasteiger partial charge in [-0.05, 0) is 55.0 Å². The largest absolute Gasteiger partial charge is 0.497 e. The first-order valence-electron chi connectivity index (χ1n) is 9.34. The summed E-state index contributed by atoms with van der Waals surface area (Å²) in [5.41, 5.74) is 2.83. The zero-order chi connectivity index (χ0) is 21.3. The maximum atomic E-state index is 13.8. The molecule has 3 aromatic rings. The molecule has 0 radical (unpaired) electrons. The molecule has 0 fully saturated rings. The minimum absolute atomic E-state index is 0.137. The van der Waals surface area contributed by atoms with Crippen molar-refractivity contribution < 1.29 is 18.7 Å². The van der Waals surface area contributed by atoms with Gasteiger partial charge in [0.05, 0.1) is 18.4 Å². The number of nitrogens with zero attached hydrogens (tertiary/aromatic N) is 1. The lowest BCUT2D eigenvalue weighted by Gasteiger charge is -2.15. The Morgan fingerprint density at radius 3 is 2.23 bits per heavy atom. The van der Waals surface area contributed by atoms with Crippen LogP contribution in [0.2, 0.25) is 0 Å². The van der Waals surface area contributed by atoms with E-state index >= 15 is 0 Å². The van der Waals surface area contributed by atoms with Crippen molar-refractivity contribution in [3.8, 4) is 5.75 Å².